The third-order valence-electron chi connectivity index (χ3n) is 3.93. The number of thiophene rings is 1. The van der Waals surface area contributed by atoms with Crippen LogP contribution < -0.4 is 5.32 Å². The first kappa shape index (κ1) is 18.1. The molecule has 0 spiro atoms. The number of nitrogens with one attached hydrogen (secondary N) is 1. The molecule has 0 aliphatic rings. The van der Waals surface area contributed by atoms with Crippen LogP contribution in [-0.2, 0) is 0 Å². The Hall–Kier alpha value is -2.23. The number of carbonyl (C=O) groups is 1. The van der Waals surface area contributed by atoms with Crippen molar-refractivity contribution in [2.24, 2.45) is 0 Å². The number of rotatable bonds is 5. The Labute approximate surface area is 168 Å². The third-order valence-corrected chi connectivity index (χ3v) is 6.85. The lowest BCUT2D eigenvalue weighted by atomic mass is 10.1. The second-order valence-corrected chi connectivity index (χ2v) is 9.38. The van der Waals surface area contributed by atoms with E-state index in [4.69, 9.17) is 0 Å². The number of aryl methyl sites for hydroxylation is 2. The van der Waals surface area contributed by atoms with E-state index in [1.165, 1.54) is 22.7 Å². The van der Waals surface area contributed by atoms with Gasteiger partial charge in [-0.2, -0.15) is 0 Å². The van der Waals surface area contributed by atoms with E-state index in [1.807, 2.05) is 42.1 Å². The zero-order chi connectivity index (χ0) is 19.0. The van der Waals surface area contributed by atoms with Crippen LogP contribution in [0.3, 0.4) is 0 Å². The average Bonchev–Trinajstić information content (AvgIpc) is 3.33. The monoisotopic (exact) mass is 415 g/mol. The molecule has 0 saturated heterocycles. The summed E-state index contributed by atoms with van der Waals surface area (Å²) < 4.78 is 2.82. The first-order chi connectivity index (χ1) is 13.1. The van der Waals surface area contributed by atoms with Gasteiger partial charge in [-0.25, -0.2) is 4.98 Å². The van der Waals surface area contributed by atoms with E-state index in [2.05, 4.69) is 34.3 Å². The molecule has 0 radical (unpaired) electrons. The SMILES string of the molecule is CCSc1nnc(NC(=O)c2sc3nc(C)cc(C)c3c2-n2cccc2)s1. The number of hydrogen-bond acceptors (Lipinski definition) is 7. The Bertz CT molecular complexity index is 1110. The van der Waals surface area contributed by atoms with Gasteiger partial charge in [0.05, 0.1) is 5.69 Å². The quantitative estimate of drug-likeness (QED) is 0.370. The van der Waals surface area contributed by atoms with Gasteiger partial charge in [0.1, 0.15) is 9.71 Å². The lowest BCUT2D eigenvalue weighted by molar-refractivity contribution is 0.103. The first-order valence-corrected chi connectivity index (χ1v) is 11.0. The molecule has 0 aliphatic heterocycles. The predicted octanol–water partition coefficient (Wildman–Crippen LogP) is 4.92. The maximum absolute atomic E-state index is 13.1. The third kappa shape index (κ3) is 3.50. The molecular formula is C18H17N5OS3. The zero-order valence-electron chi connectivity index (χ0n) is 15.0. The number of nitrogens with zero attached hydrogens (tertiary/aromatic N) is 4. The number of amides is 1. The molecule has 4 rings (SSSR count). The summed E-state index contributed by atoms with van der Waals surface area (Å²) in [5.74, 6) is 0.726. The molecule has 1 amide bonds. The van der Waals surface area contributed by atoms with Crippen LogP contribution in [0.1, 0.15) is 27.9 Å². The second kappa shape index (κ2) is 7.41. The van der Waals surface area contributed by atoms with Gasteiger partial charge in [-0.3, -0.25) is 10.1 Å². The standard InChI is InChI=1S/C18H17N5OS3/c1-4-25-18-22-21-17(27-18)20-15(24)14-13(23-7-5-6-8-23)12-10(2)9-11(3)19-16(12)26-14/h5-9H,4H2,1-3H3,(H,20,21,24). The number of thioether (sulfide) groups is 1. The van der Waals surface area contributed by atoms with Crippen LogP contribution in [0.2, 0.25) is 0 Å². The number of pyridine rings is 1. The van der Waals surface area contributed by atoms with Crippen molar-refractivity contribution in [2.75, 3.05) is 11.1 Å². The van der Waals surface area contributed by atoms with Crippen molar-refractivity contribution in [3.63, 3.8) is 0 Å². The van der Waals surface area contributed by atoms with Crippen LogP contribution >= 0.6 is 34.4 Å². The summed E-state index contributed by atoms with van der Waals surface area (Å²) in [6.45, 7) is 6.08. The molecule has 138 valence electrons. The second-order valence-electron chi connectivity index (χ2n) is 5.89. The lowest BCUT2D eigenvalue weighted by Crippen LogP contribution is -2.12. The molecule has 4 heterocycles. The largest absolute Gasteiger partial charge is 0.322 e. The van der Waals surface area contributed by atoms with E-state index in [-0.39, 0.29) is 5.91 Å². The van der Waals surface area contributed by atoms with Gasteiger partial charge in [-0.05, 0) is 43.4 Å². The smallest absolute Gasteiger partial charge is 0.269 e. The molecular weight excluding hydrogens is 398 g/mol. The first-order valence-electron chi connectivity index (χ1n) is 8.38. The summed E-state index contributed by atoms with van der Waals surface area (Å²) in [4.78, 5) is 19.2. The molecule has 0 unspecified atom stereocenters. The minimum atomic E-state index is -0.192. The molecule has 4 aromatic rings. The Balaban J connectivity index is 1.79. The Morgan fingerprint density at radius 1 is 1.22 bits per heavy atom. The van der Waals surface area contributed by atoms with Crippen molar-refractivity contribution < 1.29 is 4.79 Å². The van der Waals surface area contributed by atoms with Gasteiger partial charge in [-0.15, -0.1) is 21.5 Å². The van der Waals surface area contributed by atoms with Crippen LogP contribution in [0, 0.1) is 13.8 Å². The van der Waals surface area contributed by atoms with Gasteiger partial charge in [-0.1, -0.05) is 30.0 Å². The molecule has 0 bridgehead atoms. The van der Waals surface area contributed by atoms with E-state index < -0.39 is 0 Å². The highest BCUT2D eigenvalue weighted by Gasteiger charge is 2.23. The highest BCUT2D eigenvalue weighted by Crippen LogP contribution is 2.36. The summed E-state index contributed by atoms with van der Waals surface area (Å²) >= 11 is 4.40. The molecule has 6 nitrogen and oxygen atoms in total. The predicted molar refractivity (Wildman–Crippen MR) is 113 cm³/mol. The molecule has 27 heavy (non-hydrogen) atoms. The van der Waals surface area contributed by atoms with E-state index in [0.29, 0.717) is 10.0 Å². The van der Waals surface area contributed by atoms with E-state index in [1.54, 1.807) is 11.8 Å². The molecule has 9 heteroatoms. The molecule has 1 N–H and O–H groups in total. The summed E-state index contributed by atoms with van der Waals surface area (Å²) in [5, 5.41) is 12.6. The minimum absolute atomic E-state index is 0.192. The van der Waals surface area contributed by atoms with E-state index in [9.17, 15) is 4.79 Å². The van der Waals surface area contributed by atoms with Crippen molar-refractivity contribution in [1.82, 2.24) is 19.7 Å². The summed E-state index contributed by atoms with van der Waals surface area (Å²) in [6.07, 6.45) is 3.89. The fraction of sp³-hybridized carbons (Fsp3) is 0.222. The Morgan fingerprint density at radius 2 is 2.00 bits per heavy atom. The zero-order valence-corrected chi connectivity index (χ0v) is 17.5. The maximum Gasteiger partial charge on any atom is 0.269 e. The number of hydrogen-bond donors (Lipinski definition) is 1. The van der Waals surface area contributed by atoms with Crippen molar-refractivity contribution in [3.8, 4) is 5.69 Å². The van der Waals surface area contributed by atoms with Gasteiger partial charge in [0.2, 0.25) is 5.13 Å². The number of aromatic nitrogens is 4. The van der Waals surface area contributed by atoms with Gasteiger partial charge in [0.25, 0.3) is 5.91 Å². The normalized spacial score (nSPS) is 11.2. The van der Waals surface area contributed by atoms with Gasteiger partial charge in [0, 0.05) is 23.5 Å². The molecule has 0 saturated carbocycles. The van der Waals surface area contributed by atoms with Crippen LogP contribution in [0.5, 0.6) is 0 Å². The number of carbonyl (C=O) groups excluding carboxylic acids is 1. The highest BCUT2D eigenvalue weighted by molar-refractivity contribution is 8.01. The van der Waals surface area contributed by atoms with Crippen molar-refractivity contribution >= 4 is 55.7 Å². The van der Waals surface area contributed by atoms with Crippen LogP contribution in [0.25, 0.3) is 15.9 Å². The number of anilines is 1. The summed E-state index contributed by atoms with van der Waals surface area (Å²) in [7, 11) is 0. The van der Waals surface area contributed by atoms with Crippen molar-refractivity contribution in [2.45, 2.75) is 25.1 Å². The molecule has 0 aromatic carbocycles. The Kier molecular flexibility index (Phi) is 4.98. The molecule has 0 aliphatic carbocycles. The van der Waals surface area contributed by atoms with Crippen molar-refractivity contribution in [3.05, 3.63) is 46.7 Å². The van der Waals surface area contributed by atoms with E-state index in [0.717, 1.165) is 37.3 Å². The fourth-order valence-corrected chi connectivity index (χ4v) is 5.74. The van der Waals surface area contributed by atoms with Crippen molar-refractivity contribution in [1.29, 1.82) is 0 Å². The maximum atomic E-state index is 13.1. The molecule has 0 atom stereocenters. The summed E-state index contributed by atoms with van der Waals surface area (Å²) in [5.41, 5.74) is 2.90. The number of fused-ring (bicyclic) bond motifs is 1. The van der Waals surface area contributed by atoms with Gasteiger partial charge in [0.15, 0.2) is 4.34 Å². The van der Waals surface area contributed by atoms with Crippen LogP contribution in [0.4, 0.5) is 5.13 Å². The van der Waals surface area contributed by atoms with Crippen LogP contribution in [-0.4, -0.2) is 31.4 Å². The van der Waals surface area contributed by atoms with Gasteiger partial charge < -0.3 is 4.57 Å². The minimum Gasteiger partial charge on any atom is -0.322 e. The Morgan fingerprint density at radius 3 is 2.74 bits per heavy atom. The van der Waals surface area contributed by atoms with Crippen LogP contribution in [0.15, 0.2) is 34.9 Å². The summed E-state index contributed by atoms with van der Waals surface area (Å²) in [6, 6.07) is 5.94. The fourth-order valence-electron chi connectivity index (χ4n) is 2.90. The molecule has 4 aromatic heterocycles. The molecule has 0 fully saturated rings. The lowest BCUT2D eigenvalue weighted by Gasteiger charge is -2.07. The van der Waals surface area contributed by atoms with Gasteiger partial charge >= 0.3 is 0 Å². The average molecular weight is 416 g/mol. The van der Waals surface area contributed by atoms with E-state index >= 15 is 0 Å². The topological polar surface area (TPSA) is 72.7 Å². The highest BCUT2D eigenvalue weighted by atomic mass is 32.2.